The van der Waals surface area contributed by atoms with E-state index in [1.54, 1.807) is 0 Å². The zero-order valence-corrected chi connectivity index (χ0v) is 10.00. The molecule has 0 fully saturated rings. The van der Waals surface area contributed by atoms with Crippen LogP contribution in [0.25, 0.3) is 0 Å². The summed E-state index contributed by atoms with van der Waals surface area (Å²) in [4.78, 5) is 10.4. The fourth-order valence-electron chi connectivity index (χ4n) is 1.63. The van der Waals surface area contributed by atoms with Crippen molar-refractivity contribution >= 4 is 5.97 Å². The molecule has 1 N–H and O–H groups in total. The summed E-state index contributed by atoms with van der Waals surface area (Å²) < 4.78 is 5.51. The molecule has 90 valence electrons. The standard InChI is InChI=1S/C12H24O3/c1-3-5-6-7-8-11(15-4-2)9-10-12(13)14/h11H,3-10H2,1-2H3,(H,13,14). The van der Waals surface area contributed by atoms with Crippen LogP contribution in [0.1, 0.15) is 58.8 Å². The fourth-order valence-corrected chi connectivity index (χ4v) is 1.63. The molecule has 0 aliphatic heterocycles. The third kappa shape index (κ3) is 9.73. The van der Waals surface area contributed by atoms with Crippen LogP contribution in [0.4, 0.5) is 0 Å². The van der Waals surface area contributed by atoms with Gasteiger partial charge in [0.05, 0.1) is 6.10 Å². The summed E-state index contributed by atoms with van der Waals surface area (Å²) in [6.07, 6.45) is 6.88. The van der Waals surface area contributed by atoms with Crippen molar-refractivity contribution in [1.82, 2.24) is 0 Å². The molecule has 3 heteroatoms. The van der Waals surface area contributed by atoms with Crippen LogP contribution in [0.15, 0.2) is 0 Å². The molecule has 0 aliphatic carbocycles. The molecule has 0 radical (unpaired) electrons. The van der Waals surface area contributed by atoms with Crippen LogP contribution in [0, 0.1) is 0 Å². The SMILES string of the molecule is CCCCCCC(CCC(=O)O)OCC. The third-order valence-corrected chi connectivity index (χ3v) is 2.46. The van der Waals surface area contributed by atoms with Gasteiger partial charge in [0, 0.05) is 13.0 Å². The number of ether oxygens (including phenoxy) is 1. The summed E-state index contributed by atoms with van der Waals surface area (Å²) in [6, 6.07) is 0. The van der Waals surface area contributed by atoms with Crippen molar-refractivity contribution in [2.75, 3.05) is 6.61 Å². The molecule has 0 aliphatic rings. The molecular weight excluding hydrogens is 192 g/mol. The Bertz CT molecular complexity index is 157. The summed E-state index contributed by atoms with van der Waals surface area (Å²) in [5, 5.41) is 8.58. The molecule has 15 heavy (non-hydrogen) atoms. The predicted molar refractivity (Wildman–Crippen MR) is 61.0 cm³/mol. The Balaban J connectivity index is 3.57. The number of carboxylic acids is 1. The number of rotatable bonds is 10. The van der Waals surface area contributed by atoms with Crippen LogP contribution in [0.5, 0.6) is 0 Å². The molecule has 0 spiro atoms. The Morgan fingerprint density at radius 2 is 1.93 bits per heavy atom. The van der Waals surface area contributed by atoms with Gasteiger partial charge in [0.1, 0.15) is 0 Å². The Kier molecular flexibility index (Phi) is 9.59. The number of carbonyl (C=O) groups is 1. The minimum atomic E-state index is -0.728. The van der Waals surface area contributed by atoms with Crippen LogP contribution in [0.3, 0.4) is 0 Å². The van der Waals surface area contributed by atoms with E-state index in [9.17, 15) is 4.79 Å². The molecule has 1 atom stereocenters. The summed E-state index contributed by atoms with van der Waals surface area (Å²) in [7, 11) is 0. The molecule has 1 unspecified atom stereocenters. The van der Waals surface area contributed by atoms with Crippen LogP contribution < -0.4 is 0 Å². The van der Waals surface area contributed by atoms with Gasteiger partial charge in [-0.3, -0.25) is 4.79 Å². The summed E-state index contributed by atoms with van der Waals surface area (Å²) in [5.74, 6) is -0.728. The molecular formula is C12H24O3. The maximum atomic E-state index is 10.4. The second kappa shape index (κ2) is 9.97. The molecule has 3 nitrogen and oxygen atoms in total. The van der Waals surface area contributed by atoms with Gasteiger partial charge in [-0.1, -0.05) is 32.6 Å². The van der Waals surface area contributed by atoms with Crippen molar-refractivity contribution < 1.29 is 14.6 Å². The van der Waals surface area contributed by atoms with E-state index in [1.165, 1.54) is 19.3 Å². The highest BCUT2D eigenvalue weighted by molar-refractivity contribution is 5.66. The molecule has 0 aromatic heterocycles. The molecule has 0 rings (SSSR count). The molecule has 0 heterocycles. The van der Waals surface area contributed by atoms with Crippen molar-refractivity contribution in [3.8, 4) is 0 Å². The van der Waals surface area contributed by atoms with E-state index in [1.807, 2.05) is 6.92 Å². The van der Waals surface area contributed by atoms with Crippen molar-refractivity contribution in [1.29, 1.82) is 0 Å². The van der Waals surface area contributed by atoms with Gasteiger partial charge in [-0.05, 0) is 19.8 Å². The van der Waals surface area contributed by atoms with Gasteiger partial charge in [-0.25, -0.2) is 0 Å². The minimum absolute atomic E-state index is 0.142. The molecule has 0 amide bonds. The van der Waals surface area contributed by atoms with Gasteiger partial charge < -0.3 is 9.84 Å². The Hall–Kier alpha value is -0.570. The van der Waals surface area contributed by atoms with Gasteiger partial charge >= 0.3 is 5.97 Å². The average Bonchev–Trinajstić information content (AvgIpc) is 2.20. The Morgan fingerprint density at radius 3 is 2.47 bits per heavy atom. The van der Waals surface area contributed by atoms with Gasteiger partial charge in [0.15, 0.2) is 0 Å². The predicted octanol–water partition coefficient (Wildman–Crippen LogP) is 3.23. The fraction of sp³-hybridized carbons (Fsp3) is 0.917. The molecule has 0 bridgehead atoms. The van der Waals surface area contributed by atoms with Crippen LogP contribution in [0.2, 0.25) is 0 Å². The monoisotopic (exact) mass is 216 g/mol. The van der Waals surface area contributed by atoms with E-state index in [2.05, 4.69) is 6.92 Å². The first-order valence-electron chi connectivity index (χ1n) is 6.04. The van der Waals surface area contributed by atoms with Crippen molar-refractivity contribution in [3.05, 3.63) is 0 Å². The van der Waals surface area contributed by atoms with E-state index in [-0.39, 0.29) is 12.5 Å². The topological polar surface area (TPSA) is 46.5 Å². The van der Waals surface area contributed by atoms with E-state index >= 15 is 0 Å². The summed E-state index contributed by atoms with van der Waals surface area (Å²) in [6.45, 7) is 4.82. The zero-order chi connectivity index (χ0) is 11.5. The summed E-state index contributed by atoms with van der Waals surface area (Å²) >= 11 is 0. The molecule has 0 saturated carbocycles. The highest BCUT2D eigenvalue weighted by Crippen LogP contribution is 2.12. The lowest BCUT2D eigenvalue weighted by molar-refractivity contribution is -0.137. The van der Waals surface area contributed by atoms with E-state index in [0.717, 1.165) is 12.8 Å². The van der Waals surface area contributed by atoms with Gasteiger partial charge in [-0.15, -0.1) is 0 Å². The Labute approximate surface area is 92.8 Å². The lowest BCUT2D eigenvalue weighted by Gasteiger charge is -2.15. The van der Waals surface area contributed by atoms with E-state index in [4.69, 9.17) is 9.84 Å². The maximum absolute atomic E-state index is 10.4. The first-order valence-corrected chi connectivity index (χ1v) is 6.04. The van der Waals surface area contributed by atoms with Gasteiger partial charge in [0.2, 0.25) is 0 Å². The smallest absolute Gasteiger partial charge is 0.303 e. The van der Waals surface area contributed by atoms with Gasteiger partial charge in [-0.2, -0.15) is 0 Å². The van der Waals surface area contributed by atoms with Crippen LogP contribution in [-0.4, -0.2) is 23.8 Å². The largest absolute Gasteiger partial charge is 0.481 e. The van der Waals surface area contributed by atoms with Crippen molar-refractivity contribution in [3.63, 3.8) is 0 Å². The Morgan fingerprint density at radius 1 is 1.20 bits per heavy atom. The maximum Gasteiger partial charge on any atom is 0.303 e. The number of hydrogen-bond acceptors (Lipinski definition) is 2. The lowest BCUT2D eigenvalue weighted by atomic mass is 10.1. The molecule has 0 saturated heterocycles. The first kappa shape index (κ1) is 14.4. The zero-order valence-electron chi connectivity index (χ0n) is 10.00. The highest BCUT2D eigenvalue weighted by Gasteiger charge is 2.10. The second-order valence-electron chi connectivity index (χ2n) is 3.86. The lowest BCUT2D eigenvalue weighted by Crippen LogP contribution is -2.14. The van der Waals surface area contributed by atoms with Gasteiger partial charge in [0.25, 0.3) is 0 Å². The number of unbranched alkanes of at least 4 members (excludes halogenated alkanes) is 3. The average molecular weight is 216 g/mol. The van der Waals surface area contributed by atoms with Crippen molar-refractivity contribution in [2.45, 2.75) is 64.9 Å². The molecule has 0 aromatic carbocycles. The van der Waals surface area contributed by atoms with E-state index in [0.29, 0.717) is 13.0 Å². The summed E-state index contributed by atoms with van der Waals surface area (Å²) in [5.41, 5.74) is 0. The number of hydrogen-bond donors (Lipinski definition) is 1. The second-order valence-corrected chi connectivity index (χ2v) is 3.86. The quantitative estimate of drug-likeness (QED) is 0.570. The number of carboxylic acid groups (broad SMARTS) is 1. The third-order valence-electron chi connectivity index (χ3n) is 2.46. The normalized spacial score (nSPS) is 12.7. The first-order chi connectivity index (χ1) is 7.20. The molecule has 0 aromatic rings. The van der Waals surface area contributed by atoms with Crippen LogP contribution >= 0.6 is 0 Å². The van der Waals surface area contributed by atoms with E-state index < -0.39 is 5.97 Å². The van der Waals surface area contributed by atoms with Crippen LogP contribution in [-0.2, 0) is 9.53 Å². The number of aliphatic carboxylic acids is 1. The minimum Gasteiger partial charge on any atom is -0.481 e. The highest BCUT2D eigenvalue weighted by atomic mass is 16.5. The van der Waals surface area contributed by atoms with Crippen molar-refractivity contribution in [2.24, 2.45) is 0 Å².